The van der Waals surface area contributed by atoms with Crippen molar-refractivity contribution in [1.82, 2.24) is 0 Å². The summed E-state index contributed by atoms with van der Waals surface area (Å²) < 4.78 is 0. The average Bonchev–Trinajstić information content (AvgIpc) is 2.90. The van der Waals surface area contributed by atoms with Gasteiger partial charge in [0.2, 0.25) is 0 Å². The molecule has 2 saturated carbocycles. The maximum absolute atomic E-state index is 10.9. The quantitative estimate of drug-likeness (QED) is 0.317. The molecule has 261 valence electrons. The van der Waals surface area contributed by atoms with Gasteiger partial charge in [-0.1, -0.05) is 129 Å². The van der Waals surface area contributed by atoms with Gasteiger partial charge in [0.1, 0.15) is 11.5 Å². The van der Waals surface area contributed by atoms with E-state index in [2.05, 4.69) is 120 Å². The van der Waals surface area contributed by atoms with Crippen LogP contribution in [0.4, 0.5) is 0 Å². The Kier molecular flexibility index (Phi) is 15.9. The zero-order valence-corrected chi connectivity index (χ0v) is 32.7. The summed E-state index contributed by atoms with van der Waals surface area (Å²) in [4.78, 5) is 0. The van der Waals surface area contributed by atoms with Gasteiger partial charge in [0.05, 0.1) is 0 Å². The Hall–Kier alpha value is -1.97. The zero-order chi connectivity index (χ0) is 33.0. The molecule has 2 nitrogen and oxygen atoms in total. The molecule has 2 aliphatic rings. The van der Waals surface area contributed by atoms with Crippen molar-refractivity contribution in [2.24, 2.45) is 11.8 Å². The molecule has 4 rings (SSSR count). The fraction of sp³-hybridized carbons (Fsp3) is 0.605. The van der Waals surface area contributed by atoms with Crippen molar-refractivity contribution in [3.05, 3.63) is 76.2 Å². The van der Waals surface area contributed by atoms with E-state index in [1.54, 1.807) is 0 Å². The molecular formula is C43H67CoO2-. The van der Waals surface area contributed by atoms with E-state index in [-0.39, 0.29) is 35.0 Å². The van der Waals surface area contributed by atoms with Gasteiger partial charge in [-0.2, -0.15) is 0 Å². The standard InChI is InChI=1S/2C21H32O.CH3.Co/c2*1-14(2)11-16-12-17(21(4,5)6)13-19(20(16)22)18-10-8-7-9-15(18)3;;/h2*11-13,15,18,22H,7-10H2,1-6H3;1H3;/q;;-1;. The summed E-state index contributed by atoms with van der Waals surface area (Å²) in [6.07, 6.45) is 14.4. The normalized spacial score (nSPS) is 21.5. The molecule has 1 radical (unpaired) electrons. The molecule has 2 aromatic carbocycles. The van der Waals surface area contributed by atoms with Crippen LogP contribution in [0.3, 0.4) is 0 Å². The maximum Gasteiger partial charge on any atom is 0.126 e. The molecule has 0 aromatic heterocycles. The minimum absolute atomic E-state index is 0. The van der Waals surface area contributed by atoms with Crippen LogP contribution < -0.4 is 0 Å². The van der Waals surface area contributed by atoms with Gasteiger partial charge >= 0.3 is 0 Å². The van der Waals surface area contributed by atoms with Crippen molar-refractivity contribution >= 4 is 12.2 Å². The summed E-state index contributed by atoms with van der Waals surface area (Å²) in [5.74, 6) is 3.34. The van der Waals surface area contributed by atoms with Crippen LogP contribution in [0.15, 0.2) is 35.4 Å². The van der Waals surface area contributed by atoms with Crippen LogP contribution in [-0.4, -0.2) is 10.2 Å². The van der Waals surface area contributed by atoms with Crippen LogP contribution in [0, 0.1) is 19.3 Å². The number of benzene rings is 2. The molecule has 2 N–H and O–H groups in total. The van der Waals surface area contributed by atoms with Crippen molar-refractivity contribution in [3.8, 4) is 11.5 Å². The van der Waals surface area contributed by atoms with E-state index in [9.17, 15) is 10.2 Å². The van der Waals surface area contributed by atoms with Gasteiger partial charge in [-0.15, -0.1) is 0 Å². The SMILES string of the molecule is CC(C)=Cc1cc(C(C)(C)C)cc(C2CCCCC2C)c1O.CC(C)=Cc1cc(C(C)(C)C)cc(C2CCCCC2C)c1O.[CH3-].[Co]. The first-order chi connectivity index (χ1) is 20.4. The van der Waals surface area contributed by atoms with E-state index in [1.807, 2.05) is 0 Å². The molecule has 2 aliphatic carbocycles. The number of aromatic hydroxyl groups is 2. The Balaban J connectivity index is 0.000000441. The Morgan fingerprint density at radius 2 is 0.891 bits per heavy atom. The largest absolute Gasteiger partial charge is 0.507 e. The molecule has 2 aromatic rings. The van der Waals surface area contributed by atoms with Crippen molar-refractivity contribution in [3.63, 3.8) is 0 Å². The maximum atomic E-state index is 10.9. The molecule has 0 aliphatic heterocycles. The van der Waals surface area contributed by atoms with Crippen LogP contribution in [-0.2, 0) is 27.6 Å². The third kappa shape index (κ3) is 11.0. The van der Waals surface area contributed by atoms with Gasteiger partial charge in [-0.05, 0) is 109 Å². The summed E-state index contributed by atoms with van der Waals surface area (Å²) in [5.41, 5.74) is 9.62. The monoisotopic (exact) mass is 674 g/mol. The van der Waals surface area contributed by atoms with Gasteiger partial charge in [0, 0.05) is 27.9 Å². The molecule has 0 saturated heterocycles. The van der Waals surface area contributed by atoms with Crippen LogP contribution in [0.2, 0.25) is 0 Å². The molecule has 46 heavy (non-hydrogen) atoms. The first-order valence-electron chi connectivity index (χ1n) is 17.4. The smallest absolute Gasteiger partial charge is 0.126 e. The average molecular weight is 675 g/mol. The Morgan fingerprint density at radius 1 is 0.587 bits per heavy atom. The number of allylic oxidation sites excluding steroid dienone is 2. The van der Waals surface area contributed by atoms with Gasteiger partial charge in [0.25, 0.3) is 0 Å². The van der Waals surface area contributed by atoms with Crippen LogP contribution in [0.1, 0.15) is 180 Å². The second-order valence-electron chi connectivity index (χ2n) is 16.7. The summed E-state index contributed by atoms with van der Waals surface area (Å²) in [5, 5.41) is 21.7. The third-order valence-electron chi connectivity index (χ3n) is 9.98. The summed E-state index contributed by atoms with van der Waals surface area (Å²) in [7, 11) is 0. The van der Waals surface area contributed by atoms with E-state index in [0.29, 0.717) is 35.2 Å². The summed E-state index contributed by atoms with van der Waals surface area (Å²) >= 11 is 0. The minimum Gasteiger partial charge on any atom is -0.507 e. The van der Waals surface area contributed by atoms with E-state index in [4.69, 9.17) is 0 Å². The Labute approximate surface area is 294 Å². The first-order valence-corrected chi connectivity index (χ1v) is 17.4. The fourth-order valence-electron chi connectivity index (χ4n) is 7.19. The van der Waals surface area contributed by atoms with E-state index >= 15 is 0 Å². The van der Waals surface area contributed by atoms with E-state index in [1.165, 1.54) is 84.8 Å². The van der Waals surface area contributed by atoms with Gasteiger partial charge in [-0.3, -0.25) is 0 Å². The molecular weight excluding hydrogens is 607 g/mol. The van der Waals surface area contributed by atoms with E-state index in [0.717, 1.165) is 11.1 Å². The summed E-state index contributed by atoms with van der Waals surface area (Å²) in [6, 6.07) is 8.87. The van der Waals surface area contributed by atoms with Gasteiger partial charge in [0.15, 0.2) is 0 Å². The molecule has 3 heteroatoms. The molecule has 0 amide bonds. The van der Waals surface area contributed by atoms with E-state index < -0.39 is 0 Å². The second-order valence-corrected chi connectivity index (χ2v) is 16.7. The Bertz CT molecular complexity index is 1220. The molecule has 4 unspecified atom stereocenters. The van der Waals surface area contributed by atoms with Gasteiger partial charge < -0.3 is 17.6 Å². The summed E-state index contributed by atoms with van der Waals surface area (Å²) in [6.45, 7) is 26.5. The predicted octanol–water partition coefficient (Wildman–Crippen LogP) is 13.3. The van der Waals surface area contributed by atoms with Crippen molar-refractivity contribution in [2.75, 3.05) is 0 Å². The number of phenolic OH excluding ortho intramolecular Hbond substituents is 2. The molecule has 2 fully saturated rings. The fourth-order valence-corrected chi connectivity index (χ4v) is 7.19. The molecule has 0 spiro atoms. The zero-order valence-electron chi connectivity index (χ0n) is 31.7. The second kappa shape index (κ2) is 17.4. The van der Waals surface area contributed by atoms with Crippen molar-refractivity contribution in [1.29, 1.82) is 0 Å². The number of hydrogen-bond donors (Lipinski definition) is 2. The molecule has 0 bridgehead atoms. The minimum atomic E-state index is 0. The van der Waals surface area contributed by atoms with Crippen LogP contribution >= 0.6 is 0 Å². The number of hydrogen-bond acceptors (Lipinski definition) is 2. The first kappa shape index (κ1) is 42.0. The number of rotatable bonds is 4. The topological polar surface area (TPSA) is 40.5 Å². The van der Waals surface area contributed by atoms with Gasteiger partial charge in [-0.25, -0.2) is 0 Å². The van der Waals surface area contributed by atoms with Crippen LogP contribution in [0.25, 0.3) is 12.2 Å². The van der Waals surface area contributed by atoms with Crippen molar-refractivity contribution < 1.29 is 27.0 Å². The molecule has 0 heterocycles. The predicted molar refractivity (Wildman–Crippen MR) is 199 cm³/mol. The Morgan fingerprint density at radius 3 is 1.15 bits per heavy atom. The third-order valence-corrected chi connectivity index (χ3v) is 9.98. The van der Waals surface area contributed by atoms with Crippen molar-refractivity contribution in [2.45, 2.75) is 157 Å². The number of phenols is 2. The van der Waals surface area contributed by atoms with Crippen LogP contribution in [0.5, 0.6) is 11.5 Å². The molecule has 4 atom stereocenters.